The number of rotatable bonds is 6. The summed E-state index contributed by atoms with van der Waals surface area (Å²) in [5.41, 5.74) is 0.676. The first-order valence-electron chi connectivity index (χ1n) is 10.8. The molecule has 0 aliphatic carbocycles. The van der Waals surface area contributed by atoms with Gasteiger partial charge in [-0.25, -0.2) is 0 Å². The average molecular weight is 438 g/mol. The van der Waals surface area contributed by atoms with Gasteiger partial charge in [-0.05, 0) is 11.5 Å². The minimum absolute atomic E-state index is 0.111. The van der Waals surface area contributed by atoms with Crippen LogP contribution in [0.3, 0.4) is 0 Å². The van der Waals surface area contributed by atoms with Crippen LogP contribution < -0.4 is 10.6 Å². The van der Waals surface area contributed by atoms with Crippen molar-refractivity contribution in [3.05, 3.63) is 42.5 Å². The van der Waals surface area contributed by atoms with Crippen LogP contribution >= 0.6 is 0 Å². The smallest absolute Gasteiger partial charge is 0.243 e. The normalized spacial score (nSPS) is 19.5. The van der Waals surface area contributed by atoms with Crippen molar-refractivity contribution in [2.45, 2.75) is 12.5 Å². The number of anilines is 1. The Labute approximate surface area is 186 Å². The third-order valence-electron chi connectivity index (χ3n) is 6.01. The van der Waals surface area contributed by atoms with Crippen molar-refractivity contribution in [1.29, 1.82) is 0 Å². The van der Waals surface area contributed by atoms with Gasteiger partial charge < -0.3 is 20.4 Å². The Kier molecular flexibility index (Phi) is 6.65. The third kappa shape index (κ3) is 4.88. The topological polar surface area (TPSA) is 102 Å². The summed E-state index contributed by atoms with van der Waals surface area (Å²) in [5.74, 6) is -0.813. The standard InChI is InChI=1S/C23H27N5O4/c29-16-27-12-10-26(11-13-27)15-22(31)28-9-8-24-23(32)20(28)14-21(30)25-19-7-3-5-17-4-1-2-6-18(17)19/h1-7,16,20H,8-15H2,(H,24,32)(H,25,30). The molecule has 1 atom stereocenters. The molecule has 2 N–H and O–H groups in total. The highest BCUT2D eigenvalue weighted by atomic mass is 16.2. The molecule has 32 heavy (non-hydrogen) atoms. The summed E-state index contributed by atoms with van der Waals surface area (Å²) in [6.07, 6.45) is 0.707. The van der Waals surface area contributed by atoms with Gasteiger partial charge in [0, 0.05) is 50.3 Å². The van der Waals surface area contributed by atoms with Crippen LogP contribution in [0.5, 0.6) is 0 Å². The molecule has 2 heterocycles. The molecule has 2 aromatic carbocycles. The molecular formula is C23H27N5O4. The molecule has 0 saturated carbocycles. The minimum atomic E-state index is -0.845. The van der Waals surface area contributed by atoms with Gasteiger partial charge in [0.15, 0.2) is 0 Å². The largest absolute Gasteiger partial charge is 0.353 e. The van der Waals surface area contributed by atoms with Gasteiger partial charge in [-0.3, -0.25) is 24.1 Å². The first-order valence-corrected chi connectivity index (χ1v) is 10.8. The quantitative estimate of drug-likeness (QED) is 0.632. The van der Waals surface area contributed by atoms with Crippen LogP contribution in [0.15, 0.2) is 42.5 Å². The van der Waals surface area contributed by atoms with Crippen LogP contribution in [-0.4, -0.2) is 90.7 Å². The number of benzene rings is 2. The molecule has 0 aromatic heterocycles. The zero-order chi connectivity index (χ0) is 22.5. The van der Waals surface area contributed by atoms with E-state index < -0.39 is 6.04 Å². The zero-order valence-electron chi connectivity index (χ0n) is 17.8. The monoisotopic (exact) mass is 437 g/mol. The molecule has 0 bridgehead atoms. The molecule has 9 heteroatoms. The molecule has 2 aromatic rings. The maximum atomic E-state index is 13.0. The van der Waals surface area contributed by atoms with E-state index in [1.807, 2.05) is 47.4 Å². The lowest BCUT2D eigenvalue weighted by molar-refractivity contribution is -0.145. The van der Waals surface area contributed by atoms with E-state index in [9.17, 15) is 19.2 Å². The van der Waals surface area contributed by atoms with Crippen molar-refractivity contribution in [3.63, 3.8) is 0 Å². The average Bonchev–Trinajstić information content (AvgIpc) is 2.81. The number of nitrogens with zero attached hydrogens (tertiary/aromatic N) is 3. The Bertz CT molecular complexity index is 1010. The van der Waals surface area contributed by atoms with Crippen molar-refractivity contribution in [1.82, 2.24) is 20.0 Å². The third-order valence-corrected chi connectivity index (χ3v) is 6.01. The van der Waals surface area contributed by atoms with Gasteiger partial charge >= 0.3 is 0 Å². The predicted molar refractivity (Wildman–Crippen MR) is 120 cm³/mol. The summed E-state index contributed by atoms with van der Waals surface area (Å²) in [7, 11) is 0. The molecule has 1 unspecified atom stereocenters. The summed E-state index contributed by atoms with van der Waals surface area (Å²) < 4.78 is 0. The summed E-state index contributed by atoms with van der Waals surface area (Å²) >= 11 is 0. The van der Waals surface area contributed by atoms with Gasteiger partial charge in [-0.15, -0.1) is 0 Å². The minimum Gasteiger partial charge on any atom is -0.353 e. The number of nitrogens with one attached hydrogen (secondary N) is 2. The number of carbonyl (C=O) groups is 4. The van der Waals surface area contributed by atoms with E-state index in [1.54, 1.807) is 4.90 Å². The van der Waals surface area contributed by atoms with Crippen molar-refractivity contribution in [2.75, 3.05) is 51.1 Å². The molecule has 2 fully saturated rings. The zero-order valence-corrected chi connectivity index (χ0v) is 17.8. The van der Waals surface area contributed by atoms with E-state index in [0.717, 1.165) is 17.2 Å². The van der Waals surface area contributed by atoms with Crippen molar-refractivity contribution in [3.8, 4) is 0 Å². The molecule has 9 nitrogen and oxygen atoms in total. The summed E-state index contributed by atoms with van der Waals surface area (Å²) in [4.78, 5) is 54.4. The Hall–Kier alpha value is -3.46. The van der Waals surface area contributed by atoms with Crippen molar-refractivity contribution < 1.29 is 19.2 Å². The molecule has 2 aliphatic heterocycles. The number of piperazine rings is 2. The van der Waals surface area contributed by atoms with E-state index in [4.69, 9.17) is 0 Å². The first-order chi connectivity index (χ1) is 15.5. The predicted octanol–water partition coefficient (Wildman–Crippen LogP) is 0.269. The molecular weight excluding hydrogens is 410 g/mol. The second kappa shape index (κ2) is 9.78. The number of hydrogen-bond acceptors (Lipinski definition) is 5. The Morgan fingerprint density at radius 3 is 2.56 bits per heavy atom. The van der Waals surface area contributed by atoms with Crippen LogP contribution in [0.25, 0.3) is 10.8 Å². The van der Waals surface area contributed by atoms with Crippen LogP contribution in [0.4, 0.5) is 5.69 Å². The van der Waals surface area contributed by atoms with E-state index in [2.05, 4.69) is 10.6 Å². The van der Waals surface area contributed by atoms with Gasteiger partial charge in [-0.2, -0.15) is 0 Å². The molecule has 2 saturated heterocycles. The fourth-order valence-electron chi connectivity index (χ4n) is 4.24. The SMILES string of the molecule is O=CN1CCN(CC(=O)N2CCNC(=O)C2CC(=O)Nc2cccc3ccccc23)CC1. The fourth-order valence-corrected chi connectivity index (χ4v) is 4.24. The van der Waals surface area contributed by atoms with E-state index in [-0.39, 0.29) is 30.7 Å². The number of carbonyl (C=O) groups excluding carboxylic acids is 4. The van der Waals surface area contributed by atoms with E-state index >= 15 is 0 Å². The molecule has 2 aliphatic rings. The summed E-state index contributed by atoms with van der Waals surface area (Å²) in [6, 6.07) is 12.5. The Balaban J connectivity index is 1.41. The second-order valence-corrected chi connectivity index (χ2v) is 8.09. The highest BCUT2D eigenvalue weighted by molar-refractivity contribution is 6.04. The lowest BCUT2D eigenvalue weighted by Gasteiger charge is -2.37. The highest BCUT2D eigenvalue weighted by Crippen LogP contribution is 2.23. The fraction of sp³-hybridized carbons (Fsp3) is 0.391. The van der Waals surface area contributed by atoms with E-state index in [1.165, 1.54) is 4.90 Å². The Morgan fingerprint density at radius 1 is 1.03 bits per heavy atom. The van der Waals surface area contributed by atoms with Gasteiger partial charge in [0.25, 0.3) is 0 Å². The lowest BCUT2D eigenvalue weighted by atomic mass is 10.1. The maximum Gasteiger partial charge on any atom is 0.243 e. The summed E-state index contributed by atoms with van der Waals surface area (Å²) in [5, 5.41) is 7.58. The van der Waals surface area contributed by atoms with Gasteiger partial charge in [-0.1, -0.05) is 36.4 Å². The number of amides is 4. The van der Waals surface area contributed by atoms with Crippen molar-refractivity contribution >= 4 is 40.6 Å². The molecule has 0 spiro atoms. The van der Waals surface area contributed by atoms with Gasteiger partial charge in [0.1, 0.15) is 6.04 Å². The van der Waals surface area contributed by atoms with Crippen LogP contribution in [0.2, 0.25) is 0 Å². The summed E-state index contributed by atoms with van der Waals surface area (Å²) in [6.45, 7) is 3.27. The van der Waals surface area contributed by atoms with Crippen LogP contribution in [0.1, 0.15) is 6.42 Å². The van der Waals surface area contributed by atoms with Crippen molar-refractivity contribution in [2.24, 2.45) is 0 Å². The van der Waals surface area contributed by atoms with E-state index in [0.29, 0.717) is 45.0 Å². The molecule has 168 valence electrons. The second-order valence-electron chi connectivity index (χ2n) is 8.09. The molecule has 0 radical (unpaired) electrons. The van der Waals surface area contributed by atoms with Gasteiger partial charge in [0.05, 0.1) is 13.0 Å². The van der Waals surface area contributed by atoms with Crippen LogP contribution in [-0.2, 0) is 19.2 Å². The Morgan fingerprint density at radius 2 is 1.78 bits per heavy atom. The lowest BCUT2D eigenvalue weighted by Crippen LogP contribution is -2.60. The molecule has 4 rings (SSSR count). The maximum absolute atomic E-state index is 13.0. The number of hydrogen-bond donors (Lipinski definition) is 2. The molecule has 4 amide bonds. The first kappa shape index (κ1) is 21.8. The highest BCUT2D eigenvalue weighted by Gasteiger charge is 2.35. The van der Waals surface area contributed by atoms with Crippen LogP contribution in [0, 0.1) is 0 Å². The van der Waals surface area contributed by atoms with Gasteiger partial charge in [0.2, 0.25) is 24.1 Å². The number of fused-ring (bicyclic) bond motifs is 1.